The Morgan fingerprint density at radius 3 is 2.63 bits per heavy atom. The van der Waals surface area contributed by atoms with E-state index in [-0.39, 0.29) is 24.6 Å². The molecule has 0 saturated carbocycles. The molecular formula is C12H14N4O3. The van der Waals surface area contributed by atoms with Gasteiger partial charge in [-0.25, -0.2) is 0 Å². The molecule has 19 heavy (non-hydrogen) atoms. The molecule has 0 aliphatic heterocycles. The molecule has 2 rings (SSSR count). The minimum atomic E-state index is 0.0153. The van der Waals surface area contributed by atoms with Gasteiger partial charge in [0.2, 0.25) is 5.95 Å². The third-order valence-electron chi connectivity index (χ3n) is 2.35. The van der Waals surface area contributed by atoms with E-state index in [4.69, 9.17) is 20.3 Å². The highest BCUT2D eigenvalue weighted by Crippen LogP contribution is 2.24. The van der Waals surface area contributed by atoms with Gasteiger partial charge in [-0.3, -0.25) is 0 Å². The molecule has 3 N–H and O–H groups in total. The molecular weight excluding hydrogens is 248 g/mol. The monoisotopic (exact) mass is 262 g/mol. The van der Waals surface area contributed by atoms with E-state index >= 15 is 0 Å². The van der Waals surface area contributed by atoms with Crippen molar-refractivity contribution in [3.8, 4) is 17.8 Å². The Balaban J connectivity index is 2.28. The van der Waals surface area contributed by atoms with Crippen LogP contribution in [0.5, 0.6) is 17.8 Å². The van der Waals surface area contributed by atoms with Crippen molar-refractivity contribution >= 4 is 5.95 Å². The first kappa shape index (κ1) is 13.0. The zero-order chi connectivity index (χ0) is 13.7. The molecule has 1 aromatic carbocycles. The van der Waals surface area contributed by atoms with Gasteiger partial charge in [-0.2, -0.15) is 9.97 Å². The third kappa shape index (κ3) is 3.29. The number of hydrogen-bond acceptors (Lipinski definition) is 7. The Kier molecular flexibility index (Phi) is 4.09. The van der Waals surface area contributed by atoms with Gasteiger partial charge in [0.1, 0.15) is 5.75 Å². The lowest BCUT2D eigenvalue weighted by Crippen LogP contribution is -2.04. The first-order chi connectivity index (χ1) is 9.22. The molecule has 0 aliphatic rings. The van der Waals surface area contributed by atoms with Crippen LogP contribution < -0.4 is 15.2 Å². The molecule has 0 atom stereocenters. The summed E-state index contributed by atoms with van der Waals surface area (Å²) >= 11 is 0. The van der Waals surface area contributed by atoms with Crippen molar-refractivity contribution < 1.29 is 14.6 Å². The summed E-state index contributed by atoms with van der Waals surface area (Å²) in [6.45, 7) is 0.0308. The summed E-state index contributed by atoms with van der Waals surface area (Å²) < 4.78 is 10.4. The largest absolute Gasteiger partial charge is 0.467 e. The fraction of sp³-hybridized carbons (Fsp3) is 0.250. The molecule has 0 fully saturated rings. The number of para-hydroxylation sites is 1. The predicted octanol–water partition coefficient (Wildman–Crippen LogP) is 0.789. The lowest BCUT2D eigenvalue weighted by atomic mass is 10.1. The van der Waals surface area contributed by atoms with E-state index in [1.54, 1.807) is 6.07 Å². The van der Waals surface area contributed by atoms with Crippen LogP contribution in [0.25, 0.3) is 0 Å². The molecule has 0 bridgehead atoms. The van der Waals surface area contributed by atoms with Crippen LogP contribution in [-0.2, 0) is 6.42 Å². The summed E-state index contributed by atoms with van der Waals surface area (Å²) in [6, 6.07) is 7.43. The Morgan fingerprint density at radius 2 is 1.89 bits per heavy atom. The van der Waals surface area contributed by atoms with Gasteiger partial charge in [0.25, 0.3) is 0 Å². The van der Waals surface area contributed by atoms with Crippen molar-refractivity contribution in [2.45, 2.75) is 6.42 Å². The number of ether oxygens (including phenoxy) is 2. The number of aliphatic hydroxyl groups excluding tert-OH is 1. The number of hydrogen-bond donors (Lipinski definition) is 2. The van der Waals surface area contributed by atoms with E-state index in [2.05, 4.69) is 15.0 Å². The summed E-state index contributed by atoms with van der Waals surface area (Å²) in [5.74, 6) is 0.575. The average molecular weight is 262 g/mol. The number of benzene rings is 1. The van der Waals surface area contributed by atoms with Gasteiger partial charge in [0.15, 0.2) is 0 Å². The molecule has 100 valence electrons. The SMILES string of the molecule is COc1nc(N)nc(Oc2ccccc2CCO)n1. The third-order valence-corrected chi connectivity index (χ3v) is 2.35. The normalized spacial score (nSPS) is 10.2. The number of nitrogens with zero attached hydrogens (tertiary/aromatic N) is 3. The van der Waals surface area contributed by atoms with Crippen molar-refractivity contribution in [3.05, 3.63) is 29.8 Å². The molecule has 7 nitrogen and oxygen atoms in total. The van der Waals surface area contributed by atoms with Gasteiger partial charge in [0.05, 0.1) is 7.11 Å². The zero-order valence-electron chi connectivity index (χ0n) is 10.4. The maximum atomic E-state index is 9.00. The first-order valence-corrected chi connectivity index (χ1v) is 5.65. The van der Waals surface area contributed by atoms with E-state index in [1.807, 2.05) is 18.2 Å². The molecule has 0 radical (unpaired) electrons. The number of aromatic nitrogens is 3. The van der Waals surface area contributed by atoms with Gasteiger partial charge in [-0.1, -0.05) is 18.2 Å². The van der Waals surface area contributed by atoms with Crippen molar-refractivity contribution in [3.63, 3.8) is 0 Å². The maximum Gasteiger partial charge on any atom is 0.330 e. The topological polar surface area (TPSA) is 103 Å². The minimum absolute atomic E-state index is 0.0153. The Hall–Kier alpha value is -2.41. The number of nitrogens with two attached hydrogens (primary N) is 1. The average Bonchev–Trinajstić information content (AvgIpc) is 2.40. The molecule has 0 amide bonds. The van der Waals surface area contributed by atoms with Gasteiger partial charge < -0.3 is 20.3 Å². The van der Waals surface area contributed by atoms with Crippen LogP contribution in [0.4, 0.5) is 5.95 Å². The quantitative estimate of drug-likeness (QED) is 0.820. The fourth-order valence-corrected chi connectivity index (χ4v) is 1.52. The Bertz CT molecular complexity index is 562. The highest BCUT2D eigenvalue weighted by atomic mass is 16.5. The van der Waals surface area contributed by atoms with Crippen LogP contribution in [0.2, 0.25) is 0 Å². The minimum Gasteiger partial charge on any atom is -0.467 e. The zero-order valence-corrected chi connectivity index (χ0v) is 10.4. The highest BCUT2D eigenvalue weighted by molar-refractivity contribution is 5.36. The highest BCUT2D eigenvalue weighted by Gasteiger charge is 2.09. The maximum absolute atomic E-state index is 9.00. The number of nitrogen functional groups attached to an aromatic ring is 1. The molecule has 2 aromatic rings. The van der Waals surface area contributed by atoms with E-state index < -0.39 is 0 Å². The molecule has 1 aromatic heterocycles. The lowest BCUT2D eigenvalue weighted by molar-refractivity contribution is 0.297. The molecule has 0 saturated heterocycles. The van der Waals surface area contributed by atoms with Crippen molar-refractivity contribution in [2.24, 2.45) is 0 Å². The molecule has 0 unspecified atom stereocenters. The summed E-state index contributed by atoms with van der Waals surface area (Å²) in [5.41, 5.74) is 6.37. The summed E-state index contributed by atoms with van der Waals surface area (Å²) in [5, 5.41) is 9.00. The van der Waals surface area contributed by atoms with Crippen LogP contribution in [0.15, 0.2) is 24.3 Å². The van der Waals surface area contributed by atoms with E-state index in [9.17, 15) is 0 Å². The number of rotatable bonds is 5. The summed E-state index contributed by atoms with van der Waals surface area (Å²) in [4.78, 5) is 11.6. The van der Waals surface area contributed by atoms with Crippen molar-refractivity contribution in [1.82, 2.24) is 15.0 Å². The van der Waals surface area contributed by atoms with Gasteiger partial charge >= 0.3 is 12.0 Å². The van der Waals surface area contributed by atoms with Gasteiger partial charge in [0, 0.05) is 6.61 Å². The van der Waals surface area contributed by atoms with Crippen molar-refractivity contribution in [2.75, 3.05) is 19.5 Å². The Morgan fingerprint density at radius 1 is 1.16 bits per heavy atom. The van der Waals surface area contributed by atoms with Crippen LogP contribution in [0, 0.1) is 0 Å². The van der Waals surface area contributed by atoms with E-state index in [1.165, 1.54) is 7.11 Å². The number of anilines is 1. The van der Waals surface area contributed by atoms with Crippen LogP contribution >= 0.6 is 0 Å². The smallest absolute Gasteiger partial charge is 0.330 e. The summed E-state index contributed by atoms with van der Waals surface area (Å²) in [6.07, 6.45) is 0.480. The Labute approximate surface area is 110 Å². The number of methoxy groups -OCH3 is 1. The molecule has 1 heterocycles. The van der Waals surface area contributed by atoms with Crippen molar-refractivity contribution in [1.29, 1.82) is 0 Å². The lowest BCUT2D eigenvalue weighted by Gasteiger charge is -2.09. The summed E-state index contributed by atoms with van der Waals surface area (Å²) in [7, 11) is 1.43. The van der Waals surface area contributed by atoms with Gasteiger partial charge in [-0.15, -0.1) is 4.98 Å². The predicted molar refractivity (Wildman–Crippen MR) is 68.1 cm³/mol. The van der Waals surface area contributed by atoms with E-state index in [0.717, 1.165) is 5.56 Å². The fourth-order valence-electron chi connectivity index (χ4n) is 1.52. The number of aliphatic hydroxyl groups is 1. The van der Waals surface area contributed by atoms with Crippen LogP contribution in [-0.4, -0.2) is 33.8 Å². The van der Waals surface area contributed by atoms with Crippen LogP contribution in [0.1, 0.15) is 5.56 Å². The second-order valence-electron chi connectivity index (χ2n) is 3.65. The van der Waals surface area contributed by atoms with Gasteiger partial charge in [-0.05, 0) is 18.1 Å². The molecule has 0 aliphatic carbocycles. The van der Waals surface area contributed by atoms with Crippen LogP contribution in [0.3, 0.4) is 0 Å². The second-order valence-corrected chi connectivity index (χ2v) is 3.65. The standard InChI is InChI=1S/C12H14N4O3/c1-18-11-14-10(13)15-12(16-11)19-9-5-3-2-4-8(9)6-7-17/h2-5,17H,6-7H2,1H3,(H2,13,14,15,16). The first-order valence-electron chi connectivity index (χ1n) is 5.65. The second kappa shape index (κ2) is 5.96. The molecule has 7 heteroatoms. The van der Waals surface area contributed by atoms with E-state index in [0.29, 0.717) is 12.2 Å². The molecule has 0 spiro atoms.